The molecular weight excluding hydrogens is 160 g/mol. The minimum absolute atomic E-state index is 0.103. The van der Waals surface area contributed by atoms with Gasteiger partial charge in [-0.15, -0.1) is 0 Å². The van der Waals surface area contributed by atoms with E-state index in [0.717, 1.165) is 12.5 Å². The summed E-state index contributed by atoms with van der Waals surface area (Å²) in [7, 11) is 0. The number of hydrogen-bond donors (Lipinski definition) is 3. The van der Waals surface area contributed by atoms with Gasteiger partial charge in [0.2, 0.25) is 0 Å². The maximum Gasteiger partial charge on any atom is 0.327 e. The van der Waals surface area contributed by atoms with Gasteiger partial charge in [-0.2, -0.15) is 0 Å². The van der Waals surface area contributed by atoms with Gasteiger partial charge >= 0.3 is 5.97 Å². The van der Waals surface area contributed by atoms with Crippen LogP contribution in [-0.2, 0) is 4.79 Å². The lowest BCUT2D eigenvalue weighted by Crippen LogP contribution is -2.10. The SMILES string of the molecule is C=CC(=O)O.CCCC(O)CO. The zero-order valence-electron chi connectivity index (χ0n) is 7.23. The molecule has 0 heterocycles. The van der Waals surface area contributed by atoms with Crippen molar-refractivity contribution in [2.24, 2.45) is 0 Å². The Morgan fingerprint density at radius 1 is 1.67 bits per heavy atom. The summed E-state index contributed by atoms with van der Waals surface area (Å²) >= 11 is 0. The van der Waals surface area contributed by atoms with E-state index in [9.17, 15) is 4.79 Å². The molecule has 0 saturated heterocycles. The summed E-state index contributed by atoms with van der Waals surface area (Å²) in [6, 6.07) is 0. The Hall–Kier alpha value is -0.870. The van der Waals surface area contributed by atoms with Crippen LogP contribution in [0.2, 0.25) is 0 Å². The van der Waals surface area contributed by atoms with Crippen molar-refractivity contribution in [1.29, 1.82) is 0 Å². The highest BCUT2D eigenvalue weighted by Crippen LogP contribution is 1.92. The normalized spacial score (nSPS) is 10.9. The number of aliphatic hydroxyl groups is 2. The molecule has 1 atom stereocenters. The number of aliphatic hydroxyl groups excluding tert-OH is 2. The van der Waals surface area contributed by atoms with Crippen molar-refractivity contribution in [2.75, 3.05) is 6.61 Å². The van der Waals surface area contributed by atoms with Crippen LogP contribution in [0.3, 0.4) is 0 Å². The molecule has 4 heteroatoms. The average Bonchev–Trinajstić information content (AvgIpc) is 2.06. The van der Waals surface area contributed by atoms with Crippen LogP contribution in [-0.4, -0.2) is 34.0 Å². The Morgan fingerprint density at radius 3 is 2.17 bits per heavy atom. The molecule has 12 heavy (non-hydrogen) atoms. The summed E-state index contributed by atoms with van der Waals surface area (Å²) in [6.45, 7) is 4.83. The van der Waals surface area contributed by atoms with Crippen LogP contribution in [0.1, 0.15) is 19.8 Å². The van der Waals surface area contributed by atoms with E-state index < -0.39 is 12.1 Å². The summed E-state index contributed by atoms with van der Waals surface area (Å²) in [5, 5.41) is 24.4. The molecule has 0 bridgehead atoms. The first-order chi connectivity index (χ1) is 5.58. The topological polar surface area (TPSA) is 77.8 Å². The minimum atomic E-state index is -0.981. The van der Waals surface area contributed by atoms with Gasteiger partial charge < -0.3 is 15.3 Å². The summed E-state index contributed by atoms with van der Waals surface area (Å²) in [5.74, 6) is -0.981. The fraction of sp³-hybridized carbons (Fsp3) is 0.625. The van der Waals surface area contributed by atoms with Crippen LogP contribution < -0.4 is 0 Å². The predicted octanol–water partition coefficient (Wildman–Crippen LogP) is 0.397. The maximum absolute atomic E-state index is 9.25. The lowest BCUT2D eigenvalue weighted by molar-refractivity contribution is -0.131. The molecule has 0 aromatic carbocycles. The second kappa shape index (κ2) is 10.1. The van der Waals surface area contributed by atoms with Crippen molar-refractivity contribution in [3.05, 3.63) is 12.7 Å². The van der Waals surface area contributed by atoms with Gasteiger partial charge in [-0.05, 0) is 6.42 Å². The summed E-state index contributed by atoms with van der Waals surface area (Å²) in [6.07, 6.45) is 1.98. The standard InChI is InChI=1S/C5H12O2.C3H4O2/c1-2-3-5(7)4-6;1-2-3(4)5/h5-7H,2-4H2,1H3;2H,1H2,(H,4,5). The van der Waals surface area contributed by atoms with Crippen LogP contribution in [0.5, 0.6) is 0 Å². The van der Waals surface area contributed by atoms with E-state index in [1.165, 1.54) is 0 Å². The minimum Gasteiger partial charge on any atom is -0.478 e. The summed E-state index contributed by atoms with van der Waals surface area (Å²) < 4.78 is 0. The van der Waals surface area contributed by atoms with Crippen molar-refractivity contribution in [2.45, 2.75) is 25.9 Å². The lowest BCUT2D eigenvalue weighted by Gasteiger charge is -2.01. The zero-order valence-corrected chi connectivity index (χ0v) is 7.23. The molecule has 0 rings (SSSR count). The van der Waals surface area contributed by atoms with E-state index in [4.69, 9.17) is 15.3 Å². The summed E-state index contributed by atoms with van der Waals surface area (Å²) in [4.78, 5) is 9.25. The average molecular weight is 176 g/mol. The number of carboxylic acids is 1. The third kappa shape index (κ3) is 16.1. The monoisotopic (exact) mass is 176 g/mol. The molecular formula is C8H16O4. The van der Waals surface area contributed by atoms with Gasteiger partial charge in [0, 0.05) is 6.08 Å². The van der Waals surface area contributed by atoms with E-state index in [1.807, 2.05) is 6.92 Å². The Labute approximate surface area is 72.2 Å². The molecule has 0 radical (unpaired) electrons. The van der Waals surface area contributed by atoms with Gasteiger partial charge in [-0.25, -0.2) is 4.79 Å². The quantitative estimate of drug-likeness (QED) is 0.542. The van der Waals surface area contributed by atoms with E-state index in [0.29, 0.717) is 6.42 Å². The molecule has 0 saturated carbocycles. The van der Waals surface area contributed by atoms with E-state index in [2.05, 4.69) is 6.58 Å². The van der Waals surface area contributed by atoms with Crippen LogP contribution in [0.25, 0.3) is 0 Å². The molecule has 0 aromatic rings. The molecule has 0 amide bonds. The number of aliphatic carboxylic acids is 1. The fourth-order valence-corrected chi connectivity index (χ4v) is 0.425. The molecule has 0 fully saturated rings. The van der Waals surface area contributed by atoms with Gasteiger partial charge in [0.1, 0.15) is 0 Å². The van der Waals surface area contributed by atoms with Crippen molar-refractivity contribution in [3.8, 4) is 0 Å². The van der Waals surface area contributed by atoms with Gasteiger partial charge in [-0.1, -0.05) is 19.9 Å². The van der Waals surface area contributed by atoms with Gasteiger partial charge in [0.15, 0.2) is 0 Å². The molecule has 4 nitrogen and oxygen atoms in total. The van der Waals surface area contributed by atoms with E-state index in [1.54, 1.807) is 0 Å². The second-order valence-electron chi connectivity index (χ2n) is 2.17. The third-order valence-corrected chi connectivity index (χ3v) is 1.01. The Bertz CT molecular complexity index is 122. The highest BCUT2D eigenvalue weighted by Gasteiger charge is 1.95. The van der Waals surface area contributed by atoms with Gasteiger partial charge in [-0.3, -0.25) is 0 Å². The number of carbonyl (C=O) groups is 1. The molecule has 0 aliphatic carbocycles. The fourth-order valence-electron chi connectivity index (χ4n) is 0.425. The second-order valence-corrected chi connectivity index (χ2v) is 2.17. The first kappa shape index (κ1) is 13.7. The molecule has 1 unspecified atom stereocenters. The Morgan fingerprint density at radius 2 is 2.08 bits per heavy atom. The highest BCUT2D eigenvalue weighted by molar-refractivity contribution is 5.78. The van der Waals surface area contributed by atoms with Crippen LogP contribution in [0.4, 0.5) is 0 Å². The van der Waals surface area contributed by atoms with Gasteiger partial charge in [0.05, 0.1) is 12.7 Å². The largest absolute Gasteiger partial charge is 0.478 e. The zero-order chi connectivity index (χ0) is 9.98. The Kier molecular flexibility index (Phi) is 11.6. The Balaban J connectivity index is 0. The first-order valence-electron chi connectivity index (χ1n) is 3.72. The summed E-state index contributed by atoms with van der Waals surface area (Å²) in [5.41, 5.74) is 0. The van der Waals surface area contributed by atoms with E-state index >= 15 is 0 Å². The lowest BCUT2D eigenvalue weighted by atomic mass is 10.2. The van der Waals surface area contributed by atoms with Crippen molar-refractivity contribution < 1.29 is 20.1 Å². The first-order valence-corrected chi connectivity index (χ1v) is 3.72. The molecule has 0 aliphatic rings. The van der Waals surface area contributed by atoms with Crippen LogP contribution >= 0.6 is 0 Å². The number of carboxylic acid groups (broad SMARTS) is 1. The molecule has 0 aliphatic heterocycles. The van der Waals surface area contributed by atoms with Gasteiger partial charge in [0.25, 0.3) is 0 Å². The van der Waals surface area contributed by atoms with Crippen LogP contribution in [0, 0.1) is 0 Å². The van der Waals surface area contributed by atoms with E-state index in [-0.39, 0.29) is 6.61 Å². The van der Waals surface area contributed by atoms with Crippen molar-refractivity contribution in [3.63, 3.8) is 0 Å². The molecule has 3 N–H and O–H groups in total. The number of rotatable bonds is 4. The maximum atomic E-state index is 9.25. The number of hydrogen-bond acceptors (Lipinski definition) is 3. The smallest absolute Gasteiger partial charge is 0.327 e. The molecule has 0 spiro atoms. The van der Waals surface area contributed by atoms with Crippen molar-refractivity contribution >= 4 is 5.97 Å². The third-order valence-electron chi connectivity index (χ3n) is 1.01. The molecule has 72 valence electrons. The van der Waals surface area contributed by atoms with Crippen LogP contribution in [0.15, 0.2) is 12.7 Å². The predicted molar refractivity (Wildman–Crippen MR) is 45.8 cm³/mol. The molecule has 0 aromatic heterocycles. The highest BCUT2D eigenvalue weighted by atomic mass is 16.4. The van der Waals surface area contributed by atoms with Crippen molar-refractivity contribution in [1.82, 2.24) is 0 Å².